The number of fused-ring (bicyclic) bond motifs is 1. The lowest BCUT2D eigenvalue weighted by molar-refractivity contribution is -0.380. The molecule has 118 valence electrons. The topological polar surface area (TPSA) is 70.8 Å². The molecule has 0 amide bonds. The molecule has 23 heavy (non-hydrogen) atoms. The van der Waals surface area contributed by atoms with Crippen molar-refractivity contribution in [3.05, 3.63) is 57.0 Å². The Morgan fingerprint density at radius 1 is 1.39 bits per heavy atom. The molecule has 0 unspecified atom stereocenters. The van der Waals surface area contributed by atoms with E-state index in [0.717, 1.165) is 36.4 Å². The molecule has 1 aromatic heterocycles. The van der Waals surface area contributed by atoms with Crippen LogP contribution in [0.1, 0.15) is 16.9 Å². The number of thiocarbonyl (C=S) groups is 1. The van der Waals surface area contributed by atoms with Crippen molar-refractivity contribution in [3.8, 4) is 0 Å². The second-order valence-electron chi connectivity index (χ2n) is 4.99. The first-order chi connectivity index (χ1) is 11.1. The number of aryl methyl sites for hydroxylation is 1. The van der Waals surface area contributed by atoms with E-state index >= 15 is 0 Å². The van der Waals surface area contributed by atoms with Crippen molar-refractivity contribution in [1.29, 1.82) is 0 Å². The Labute approximate surface area is 142 Å². The number of hydrazone groups is 1. The van der Waals surface area contributed by atoms with E-state index < -0.39 is 4.92 Å². The molecule has 0 spiro atoms. The molecule has 3 rings (SSSR count). The van der Waals surface area contributed by atoms with Gasteiger partial charge in [-0.2, -0.15) is 5.10 Å². The van der Waals surface area contributed by atoms with Gasteiger partial charge in [0, 0.05) is 18.3 Å². The van der Waals surface area contributed by atoms with E-state index in [1.165, 1.54) is 11.6 Å². The van der Waals surface area contributed by atoms with E-state index in [1.807, 2.05) is 17.0 Å². The fourth-order valence-corrected chi connectivity index (χ4v) is 3.40. The molecule has 0 aliphatic carbocycles. The number of hydrogen-bond donors (Lipinski definition) is 1. The SMILES string of the molecule is O=[N+]([O-])c1ccc(/C=N\NC(=S)N2CCCc3ccccc32)s1. The van der Waals surface area contributed by atoms with E-state index in [0.29, 0.717) is 9.99 Å². The highest BCUT2D eigenvalue weighted by molar-refractivity contribution is 7.80. The Morgan fingerprint density at radius 2 is 2.22 bits per heavy atom. The highest BCUT2D eigenvalue weighted by Gasteiger charge is 2.19. The average Bonchev–Trinajstić information content (AvgIpc) is 3.03. The molecule has 0 fully saturated rings. The Balaban J connectivity index is 1.66. The summed E-state index contributed by atoms with van der Waals surface area (Å²) in [6.45, 7) is 0.850. The molecule has 6 nitrogen and oxygen atoms in total. The predicted molar refractivity (Wildman–Crippen MR) is 96.4 cm³/mol. The van der Waals surface area contributed by atoms with Crippen LogP contribution >= 0.6 is 23.6 Å². The van der Waals surface area contributed by atoms with Crippen LogP contribution in [0.4, 0.5) is 10.7 Å². The zero-order chi connectivity index (χ0) is 16.2. The smallest absolute Gasteiger partial charge is 0.317 e. The summed E-state index contributed by atoms with van der Waals surface area (Å²) in [4.78, 5) is 13.0. The van der Waals surface area contributed by atoms with Crippen molar-refractivity contribution in [3.63, 3.8) is 0 Å². The van der Waals surface area contributed by atoms with Gasteiger partial charge in [0.15, 0.2) is 5.11 Å². The third-order valence-electron chi connectivity index (χ3n) is 3.50. The number of para-hydroxylation sites is 1. The number of hydrogen-bond acceptors (Lipinski definition) is 5. The summed E-state index contributed by atoms with van der Waals surface area (Å²) in [6, 6.07) is 11.3. The molecule has 1 aromatic carbocycles. The number of nitro groups is 1. The molecule has 0 atom stereocenters. The van der Waals surface area contributed by atoms with Gasteiger partial charge in [-0.15, -0.1) is 0 Å². The van der Waals surface area contributed by atoms with Crippen LogP contribution in [0.2, 0.25) is 0 Å². The summed E-state index contributed by atoms with van der Waals surface area (Å²) < 4.78 is 0. The summed E-state index contributed by atoms with van der Waals surface area (Å²) in [5.41, 5.74) is 5.23. The van der Waals surface area contributed by atoms with Crippen molar-refractivity contribution in [1.82, 2.24) is 5.43 Å². The Bertz CT molecular complexity index is 772. The summed E-state index contributed by atoms with van der Waals surface area (Å²) in [5.74, 6) is 0. The lowest BCUT2D eigenvalue weighted by Gasteiger charge is -2.30. The van der Waals surface area contributed by atoms with Crippen molar-refractivity contribution >= 4 is 45.6 Å². The lowest BCUT2D eigenvalue weighted by Crippen LogP contribution is -2.40. The summed E-state index contributed by atoms with van der Waals surface area (Å²) in [7, 11) is 0. The molecule has 0 saturated carbocycles. The van der Waals surface area contributed by atoms with Crippen molar-refractivity contribution in [2.24, 2.45) is 5.10 Å². The first kappa shape index (κ1) is 15.6. The standard InChI is InChI=1S/C15H14N4O2S2/c20-19(21)14-8-7-12(23-14)10-16-17-15(22)18-9-3-5-11-4-1-2-6-13(11)18/h1-2,4,6-8,10H,3,5,9H2,(H,17,22)/b16-10-. The maximum absolute atomic E-state index is 10.6. The highest BCUT2D eigenvalue weighted by atomic mass is 32.1. The Morgan fingerprint density at radius 3 is 3.00 bits per heavy atom. The second-order valence-corrected chi connectivity index (χ2v) is 6.47. The zero-order valence-corrected chi connectivity index (χ0v) is 13.8. The molecule has 2 aromatic rings. The van der Waals surface area contributed by atoms with Crippen molar-refractivity contribution < 1.29 is 4.92 Å². The molecule has 0 bridgehead atoms. The molecule has 2 heterocycles. The number of nitrogens with one attached hydrogen (secondary N) is 1. The third-order valence-corrected chi connectivity index (χ3v) is 4.78. The van der Waals surface area contributed by atoms with E-state index in [9.17, 15) is 10.1 Å². The van der Waals surface area contributed by atoms with Crippen LogP contribution in [0.25, 0.3) is 0 Å². The molecular weight excluding hydrogens is 332 g/mol. The number of benzene rings is 1. The van der Waals surface area contributed by atoms with Crippen LogP contribution in [-0.2, 0) is 6.42 Å². The first-order valence-corrected chi connectivity index (χ1v) is 8.30. The third kappa shape index (κ3) is 3.54. The van der Waals surface area contributed by atoms with E-state index in [-0.39, 0.29) is 5.00 Å². The monoisotopic (exact) mass is 346 g/mol. The van der Waals surface area contributed by atoms with Crippen LogP contribution in [0.3, 0.4) is 0 Å². The van der Waals surface area contributed by atoms with Crippen LogP contribution < -0.4 is 10.3 Å². The van der Waals surface area contributed by atoms with E-state index in [2.05, 4.69) is 22.7 Å². The molecule has 1 N–H and O–H groups in total. The molecular formula is C15H14N4O2S2. The quantitative estimate of drug-likeness (QED) is 0.399. The minimum absolute atomic E-state index is 0.0963. The largest absolute Gasteiger partial charge is 0.324 e. The summed E-state index contributed by atoms with van der Waals surface area (Å²) in [6.07, 6.45) is 3.64. The maximum atomic E-state index is 10.6. The van der Waals surface area contributed by atoms with Crippen LogP contribution in [-0.4, -0.2) is 22.8 Å². The summed E-state index contributed by atoms with van der Waals surface area (Å²) >= 11 is 6.48. The van der Waals surface area contributed by atoms with Gasteiger partial charge in [0.2, 0.25) is 0 Å². The van der Waals surface area contributed by atoms with Crippen LogP contribution in [0.5, 0.6) is 0 Å². The Kier molecular flexibility index (Phi) is 4.63. The molecule has 0 saturated heterocycles. The van der Waals surface area contributed by atoms with Crippen molar-refractivity contribution in [2.75, 3.05) is 11.4 Å². The predicted octanol–water partition coefficient (Wildman–Crippen LogP) is 3.32. The second kappa shape index (κ2) is 6.84. The lowest BCUT2D eigenvalue weighted by atomic mass is 10.0. The van der Waals surface area contributed by atoms with Crippen molar-refractivity contribution in [2.45, 2.75) is 12.8 Å². The van der Waals surface area contributed by atoms with Crippen LogP contribution in [0, 0.1) is 10.1 Å². The zero-order valence-electron chi connectivity index (χ0n) is 12.1. The Hall–Kier alpha value is -2.32. The molecule has 0 radical (unpaired) electrons. The van der Waals surface area contributed by atoms with Gasteiger partial charge in [-0.25, -0.2) is 0 Å². The minimum Gasteiger partial charge on any atom is -0.317 e. The number of thiophene rings is 1. The van der Waals surface area contributed by atoms with Gasteiger partial charge < -0.3 is 4.90 Å². The first-order valence-electron chi connectivity index (χ1n) is 7.08. The van der Waals surface area contributed by atoms with Gasteiger partial charge in [-0.05, 0) is 42.8 Å². The maximum Gasteiger partial charge on any atom is 0.324 e. The van der Waals surface area contributed by atoms with Gasteiger partial charge >= 0.3 is 5.00 Å². The highest BCUT2D eigenvalue weighted by Crippen LogP contribution is 2.26. The van der Waals surface area contributed by atoms with Gasteiger partial charge in [0.25, 0.3) is 0 Å². The average molecular weight is 346 g/mol. The van der Waals surface area contributed by atoms with E-state index in [4.69, 9.17) is 12.2 Å². The molecule has 8 heteroatoms. The fraction of sp³-hybridized carbons (Fsp3) is 0.200. The van der Waals surface area contributed by atoms with Gasteiger partial charge in [-0.3, -0.25) is 15.5 Å². The van der Waals surface area contributed by atoms with Crippen LogP contribution in [0.15, 0.2) is 41.5 Å². The fourth-order valence-electron chi connectivity index (χ4n) is 2.47. The van der Waals surface area contributed by atoms with Gasteiger partial charge in [0.1, 0.15) is 0 Å². The van der Waals surface area contributed by atoms with Gasteiger partial charge in [0.05, 0.1) is 16.0 Å². The number of nitrogens with zero attached hydrogens (tertiary/aromatic N) is 3. The molecule has 1 aliphatic rings. The minimum atomic E-state index is -0.412. The number of anilines is 1. The summed E-state index contributed by atoms with van der Waals surface area (Å²) in [5, 5.41) is 15.4. The van der Waals surface area contributed by atoms with E-state index in [1.54, 1.807) is 12.3 Å². The molecule has 1 aliphatic heterocycles. The number of rotatable bonds is 3. The van der Waals surface area contributed by atoms with Gasteiger partial charge in [-0.1, -0.05) is 29.5 Å². The normalized spacial score (nSPS) is 13.8.